The van der Waals surface area contributed by atoms with Gasteiger partial charge in [-0.15, -0.1) is 0 Å². The van der Waals surface area contributed by atoms with Gasteiger partial charge in [0.05, 0.1) is 19.8 Å². The Hall–Kier alpha value is -1.08. The quantitative estimate of drug-likeness (QED) is 0.700. The van der Waals surface area contributed by atoms with Crippen LogP contribution in [0.5, 0.6) is 0 Å². The Morgan fingerprint density at radius 1 is 1.11 bits per heavy atom. The van der Waals surface area contributed by atoms with Crippen LogP contribution in [0.15, 0.2) is 22.7 Å². The summed E-state index contributed by atoms with van der Waals surface area (Å²) >= 11 is 3.17. The van der Waals surface area contributed by atoms with Crippen molar-refractivity contribution in [2.75, 3.05) is 19.8 Å². The van der Waals surface area contributed by atoms with E-state index < -0.39 is 5.41 Å². The summed E-state index contributed by atoms with van der Waals surface area (Å²) in [6.07, 6.45) is 1.41. The second-order valence-electron chi connectivity index (χ2n) is 4.30. The third kappa shape index (κ3) is 6.07. The number of carbonyl (C=O) groups excluding carboxylic acids is 2. The van der Waals surface area contributed by atoms with Crippen LogP contribution < -0.4 is 0 Å². The molecule has 0 spiro atoms. The van der Waals surface area contributed by atoms with E-state index in [9.17, 15) is 9.59 Å². The van der Waals surface area contributed by atoms with Crippen molar-refractivity contribution >= 4 is 28.5 Å². The Bertz CT molecular complexity index is 407. The molecule has 1 rings (SSSR count). The van der Waals surface area contributed by atoms with E-state index in [0.717, 1.165) is 0 Å². The van der Waals surface area contributed by atoms with Gasteiger partial charge in [0.2, 0.25) is 0 Å². The highest BCUT2D eigenvalue weighted by Gasteiger charge is 2.20. The molecule has 0 bridgehead atoms. The first-order chi connectivity index (χ1) is 8.96. The summed E-state index contributed by atoms with van der Waals surface area (Å²) < 4.78 is 0.707. The van der Waals surface area contributed by atoms with Crippen molar-refractivity contribution in [2.24, 2.45) is 5.41 Å². The minimum Gasteiger partial charge on any atom is -0.396 e. The predicted molar refractivity (Wildman–Crippen MR) is 74.3 cm³/mol. The molecule has 0 heterocycles. The van der Waals surface area contributed by atoms with E-state index in [1.165, 1.54) is 6.07 Å². The molecular weight excluding hydrogens is 316 g/mol. The maximum Gasteiger partial charge on any atom is 0.151 e. The smallest absolute Gasteiger partial charge is 0.151 e. The Kier molecular flexibility index (Phi) is 8.42. The lowest BCUT2D eigenvalue weighted by Gasteiger charge is -2.20. The second-order valence-corrected chi connectivity index (χ2v) is 5.16. The predicted octanol–water partition coefficient (Wildman–Crippen LogP) is 1.04. The fraction of sp³-hybridized carbons (Fsp3) is 0.385. The van der Waals surface area contributed by atoms with E-state index in [4.69, 9.17) is 15.3 Å². The van der Waals surface area contributed by atoms with Crippen LogP contribution in [0.25, 0.3) is 0 Å². The number of hydrogen-bond acceptors (Lipinski definition) is 5. The molecule has 0 saturated heterocycles. The molecule has 0 atom stereocenters. The van der Waals surface area contributed by atoms with E-state index in [1.807, 2.05) is 0 Å². The normalized spacial score (nSPS) is 10.4. The Balaban J connectivity index is 0.000000362. The molecule has 0 amide bonds. The number of rotatable bonds is 5. The van der Waals surface area contributed by atoms with Gasteiger partial charge in [-0.2, -0.15) is 0 Å². The van der Waals surface area contributed by atoms with Crippen molar-refractivity contribution in [1.82, 2.24) is 0 Å². The highest BCUT2D eigenvalue weighted by Crippen LogP contribution is 2.15. The maximum absolute atomic E-state index is 10.3. The van der Waals surface area contributed by atoms with Crippen LogP contribution in [0.4, 0.5) is 0 Å². The van der Waals surface area contributed by atoms with Gasteiger partial charge in [-0.3, -0.25) is 9.59 Å². The van der Waals surface area contributed by atoms with Crippen LogP contribution in [0.2, 0.25) is 0 Å². The second kappa shape index (κ2) is 8.92. The molecule has 0 aliphatic carbocycles. The zero-order valence-corrected chi connectivity index (χ0v) is 12.1. The van der Waals surface area contributed by atoms with Crippen LogP contribution >= 0.6 is 15.9 Å². The summed E-state index contributed by atoms with van der Waals surface area (Å²) in [5, 5.41) is 25.4. The summed E-state index contributed by atoms with van der Waals surface area (Å²) in [7, 11) is 0. The fourth-order valence-electron chi connectivity index (χ4n) is 0.876. The van der Waals surface area contributed by atoms with E-state index in [-0.39, 0.29) is 19.8 Å². The van der Waals surface area contributed by atoms with Gasteiger partial charge in [0.15, 0.2) is 6.29 Å². The van der Waals surface area contributed by atoms with Gasteiger partial charge in [0.25, 0.3) is 0 Å². The number of aliphatic hydroxyl groups is 3. The van der Waals surface area contributed by atoms with Crippen molar-refractivity contribution in [3.8, 4) is 0 Å². The van der Waals surface area contributed by atoms with Gasteiger partial charge >= 0.3 is 0 Å². The minimum absolute atomic E-state index is 0.181. The highest BCUT2D eigenvalue weighted by molar-refractivity contribution is 9.10. The molecule has 0 aliphatic rings. The first kappa shape index (κ1) is 17.9. The first-order valence-electron chi connectivity index (χ1n) is 5.49. The number of halogens is 1. The Morgan fingerprint density at radius 2 is 1.63 bits per heavy atom. The van der Waals surface area contributed by atoms with E-state index in [0.29, 0.717) is 28.2 Å². The third-order valence-corrected chi connectivity index (χ3v) is 3.15. The highest BCUT2D eigenvalue weighted by atomic mass is 79.9. The van der Waals surface area contributed by atoms with Crippen LogP contribution in [-0.4, -0.2) is 47.7 Å². The van der Waals surface area contributed by atoms with E-state index in [1.54, 1.807) is 19.1 Å². The number of carbonyl (C=O) groups is 2. The lowest BCUT2D eigenvalue weighted by Crippen LogP contribution is -2.29. The zero-order valence-electron chi connectivity index (χ0n) is 10.5. The van der Waals surface area contributed by atoms with Crippen LogP contribution in [0, 0.1) is 5.41 Å². The molecule has 0 unspecified atom stereocenters. The molecule has 1 aromatic carbocycles. The van der Waals surface area contributed by atoms with Gasteiger partial charge in [0, 0.05) is 21.0 Å². The summed E-state index contributed by atoms with van der Waals surface area (Å²) in [4.78, 5) is 20.6. The molecule has 1 aromatic rings. The maximum atomic E-state index is 10.3. The fourth-order valence-corrected chi connectivity index (χ4v) is 1.22. The van der Waals surface area contributed by atoms with Gasteiger partial charge < -0.3 is 15.3 Å². The van der Waals surface area contributed by atoms with Crippen molar-refractivity contribution in [3.05, 3.63) is 33.8 Å². The van der Waals surface area contributed by atoms with Gasteiger partial charge in [0.1, 0.15) is 6.29 Å². The van der Waals surface area contributed by atoms with E-state index >= 15 is 0 Å². The molecule has 3 N–H and O–H groups in total. The largest absolute Gasteiger partial charge is 0.396 e. The first-order valence-corrected chi connectivity index (χ1v) is 6.28. The zero-order chi connectivity index (χ0) is 14.9. The SMILES string of the molecule is CC(CO)(CO)CO.O=Cc1ccc(Br)c(C=O)c1. The topological polar surface area (TPSA) is 94.8 Å². The molecular formula is C13H17BrO5. The lowest BCUT2D eigenvalue weighted by atomic mass is 9.95. The molecule has 0 aliphatic heterocycles. The third-order valence-electron chi connectivity index (χ3n) is 2.43. The van der Waals surface area contributed by atoms with Crippen molar-refractivity contribution in [2.45, 2.75) is 6.92 Å². The summed E-state index contributed by atoms with van der Waals surface area (Å²) in [6.45, 7) is 1.06. The molecule has 0 radical (unpaired) electrons. The van der Waals surface area contributed by atoms with Crippen molar-refractivity contribution in [3.63, 3.8) is 0 Å². The van der Waals surface area contributed by atoms with Crippen molar-refractivity contribution in [1.29, 1.82) is 0 Å². The lowest BCUT2D eigenvalue weighted by molar-refractivity contribution is 0.0200. The summed E-state index contributed by atoms with van der Waals surface area (Å²) in [6, 6.07) is 4.85. The molecule has 5 nitrogen and oxygen atoms in total. The monoisotopic (exact) mass is 332 g/mol. The van der Waals surface area contributed by atoms with Crippen LogP contribution in [0.3, 0.4) is 0 Å². The number of hydrogen-bond donors (Lipinski definition) is 3. The van der Waals surface area contributed by atoms with Gasteiger partial charge in [-0.25, -0.2) is 0 Å². The van der Waals surface area contributed by atoms with E-state index in [2.05, 4.69) is 15.9 Å². The molecule has 0 fully saturated rings. The van der Waals surface area contributed by atoms with Crippen LogP contribution in [-0.2, 0) is 0 Å². The molecule has 0 aromatic heterocycles. The molecule has 0 saturated carbocycles. The molecule has 19 heavy (non-hydrogen) atoms. The van der Waals surface area contributed by atoms with Crippen LogP contribution in [0.1, 0.15) is 27.6 Å². The molecule has 106 valence electrons. The standard InChI is InChI=1S/C8H5BrO2.C5H12O3/c9-8-2-1-6(4-10)3-7(8)5-11;1-5(2-6,3-7)4-8/h1-5H;6-8H,2-4H2,1H3. The minimum atomic E-state index is -0.708. The average molecular weight is 333 g/mol. The van der Waals surface area contributed by atoms with Gasteiger partial charge in [-0.05, 0) is 12.1 Å². The molecule has 6 heteroatoms. The Labute approximate surface area is 120 Å². The van der Waals surface area contributed by atoms with Crippen molar-refractivity contribution < 1.29 is 24.9 Å². The number of benzene rings is 1. The summed E-state index contributed by atoms with van der Waals surface area (Å²) in [5.74, 6) is 0. The van der Waals surface area contributed by atoms with Gasteiger partial charge in [-0.1, -0.05) is 28.9 Å². The number of aliphatic hydroxyl groups excluding tert-OH is 3. The summed E-state index contributed by atoms with van der Waals surface area (Å²) in [5.41, 5.74) is 0.296. The average Bonchev–Trinajstić information content (AvgIpc) is 2.47. The Morgan fingerprint density at radius 3 is 1.95 bits per heavy atom. The number of aldehydes is 2.